The van der Waals surface area contributed by atoms with Crippen molar-refractivity contribution >= 4 is 19.8 Å². The minimum atomic E-state index is -4.38. The summed E-state index contributed by atoms with van der Waals surface area (Å²) in [6.07, 6.45) is 58.6. The van der Waals surface area contributed by atoms with Crippen molar-refractivity contribution in [1.82, 2.24) is 0 Å². The summed E-state index contributed by atoms with van der Waals surface area (Å²) in [4.78, 5) is 35.0. The first kappa shape index (κ1) is 63.8. The standard InChI is InChI=1S/C55H108NO8P/c1-3-5-7-9-11-13-15-17-19-20-21-22-23-24-25-26-27-28-29-30-31-32-33-34-36-37-39-41-43-45-47-54(57)61-51-53(52-63-65(59,60)62-50-49-56)64-55(58)48-46-44-42-40-38-35-18-16-14-12-10-8-6-4-2/h16,18,53H,3-15,17,19-52,56H2,1-2H3,(H,59,60)/b18-16-. The maximum Gasteiger partial charge on any atom is 0.472 e. The molecule has 0 heterocycles. The van der Waals surface area contributed by atoms with Gasteiger partial charge in [-0.2, -0.15) is 0 Å². The van der Waals surface area contributed by atoms with Crippen LogP contribution in [0.2, 0.25) is 0 Å². The van der Waals surface area contributed by atoms with Crippen LogP contribution in [0.15, 0.2) is 12.2 Å². The molecule has 0 fully saturated rings. The van der Waals surface area contributed by atoms with Gasteiger partial charge in [0.15, 0.2) is 6.10 Å². The van der Waals surface area contributed by atoms with E-state index in [0.29, 0.717) is 6.42 Å². The number of carbonyl (C=O) groups is 2. The summed E-state index contributed by atoms with van der Waals surface area (Å²) < 4.78 is 32.9. The molecule has 0 aliphatic rings. The molecule has 0 bridgehead atoms. The van der Waals surface area contributed by atoms with Crippen LogP contribution in [0.1, 0.15) is 296 Å². The van der Waals surface area contributed by atoms with E-state index >= 15 is 0 Å². The molecule has 0 rings (SSSR count). The van der Waals surface area contributed by atoms with Gasteiger partial charge < -0.3 is 20.1 Å². The topological polar surface area (TPSA) is 134 Å². The van der Waals surface area contributed by atoms with Crippen molar-refractivity contribution in [3.05, 3.63) is 12.2 Å². The second-order valence-corrected chi connectivity index (χ2v) is 20.6. The fraction of sp³-hybridized carbons (Fsp3) is 0.927. The highest BCUT2D eigenvalue weighted by Gasteiger charge is 2.26. The molecule has 0 aromatic carbocycles. The van der Waals surface area contributed by atoms with Gasteiger partial charge in [-0.25, -0.2) is 4.57 Å². The number of phosphoric acid groups is 1. The summed E-state index contributed by atoms with van der Waals surface area (Å²) in [5.41, 5.74) is 5.37. The van der Waals surface area contributed by atoms with E-state index in [1.165, 1.54) is 212 Å². The predicted molar refractivity (Wildman–Crippen MR) is 275 cm³/mol. The molecule has 9 nitrogen and oxygen atoms in total. The van der Waals surface area contributed by atoms with Crippen LogP contribution in [0.5, 0.6) is 0 Å². The third kappa shape index (κ3) is 52.0. The lowest BCUT2D eigenvalue weighted by Gasteiger charge is -2.19. The zero-order chi connectivity index (χ0) is 47.4. The Balaban J connectivity index is 3.83. The highest BCUT2D eigenvalue weighted by molar-refractivity contribution is 7.47. The van der Waals surface area contributed by atoms with E-state index in [9.17, 15) is 19.0 Å². The second kappa shape index (κ2) is 52.1. The Hall–Kier alpha value is -1.25. The van der Waals surface area contributed by atoms with Crippen LogP contribution in [0.3, 0.4) is 0 Å². The van der Waals surface area contributed by atoms with Gasteiger partial charge in [0.25, 0.3) is 0 Å². The van der Waals surface area contributed by atoms with Crippen molar-refractivity contribution < 1.29 is 37.6 Å². The van der Waals surface area contributed by atoms with Crippen molar-refractivity contribution in [2.24, 2.45) is 5.73 Å². The molecule has 0 saturated carbocycles. The van der Waals surface area contributed by atoms with Gasteiger partial charge in [0.2, 0.25) is 0 Å². The van der Waals surface area contributed by atoms with Gasteiger partial charge >= 0.3 is 19.8 Å². The summed E-state index contributed by atoms with van der Waals surface area (Å²) in [7, 11) is -4.38. The Bertz CT molecular complexity index is 1070. The third-order valence-electron chi connectivity index (χ3n) is 12.7. The lowest BCUT2D eigenvalue weighted by atomic mass is 10.0. The molecule has 0 amide bonds. The molecule has 386 valence electrons. The van der Waals surface area contributed by atoms with E-state index in [4.69, 9.17) is 24.3 Å². The molecule has 0 aromatic heterocycles. The van der Waals surface area contributed by atoms with Gasteiger partial charge in [-0.05, 0) is 38.5 Å². The maximum atomic E-state index is 12.6. The Kier molecular flexibility index (Phi) is 51.1. The number of hydrogen-bond donors (Lipinski definition) is 2. The smallest absolute Gasteiger partial charge is 0.462 e. The van der Waals surface area contributed by atoms with Crippen LogP contribution >= 0.6 is 7.82 Å². The number of carbonyl (C=O) groups excluding carboxylic acids is 2. The van der Waals surface area contributed by atoms with E-state index in [-0.39, 0.29) is 38.6 Å². The summed E-state index contributed by atoms with van der Waals surface area (Å²) in [6.45, 7) is 3.77. The molecule has 0 aromatic rings. The molecule has 0 aliphatic heterocycles. The van der Waals surface area contributed by atoms with Gasteiger partial charge in [0.1, 0.15) is 6.61 Å². The number of phosphoric ester groups is 1. The molecule has 0 spiro atoms. The van der Waals surface area contributed by atoms with Crippen LogP contribution in [0, 0.1) is 0 Å². The Morgan fingerprint density at radius 3 is 1.09 bits per heavy atom. The molecule has 2 unspecified atom stereocenters. The van der Waals surface area contributed by atoms with E-state index < -0.39 is 26.5 Å². The molecule has 0 aliphatic carbocycles. The highest BCUT2D eigenvalue weighted by Crippen LogP contribution is 2.43. The van der Waals surface area contributed by atoms with Crippen LogP contribution in [-0.2, 0) is 32.7 Å². The lowest BCUT2D eigenvalue weighted by molar-refractivity contribution is -0.161. The van der Waals surface area contributed by atoms with Crippen molar-refractivity contribution in [3.63, 3.8) is 0 Å². The van der Waals surface area contributed by atoms with E-state index in [2.05, 4.69) is 26.0 Å². The molecule has 0 radical (unpaired) electrons. The summed E-state index contributed by atoms with van der Waals surface area (Å²) in [5, 5.41) is 0. The van der Waals surface area contributed by atoms with E-state index in [1.807, 2.05) is 0 Å². The number of unbranched alkanes of at least 4 members (excludes halogenated alkanes) is 39. The maximum absolute atomic E-state index is 12.6. The van der Waals surface area contributed by atoms with Crippen molar-refractivity contribution in [3.8, 4) is 0 Å². The number of esters is 2. The first-order valence-corrected chi connectivity index (χ1v) is 29.7. The van der Waals surface area contributed by atoms with Gasteiger partial charge in [-0.15, -0.1) is 0 Å². The fourth-order valence-electron chi connectivity index (χ4n) is 8.46. The Morgan fingerprint density at radius 2 is 0.754 bits per heavy atom. The lowest BCUT2D eigenvalue weighted by Crippen LogP contribution is -2.29. The van der Waals surface area contributed by atoms with Crippen LogP contribution in [-0.4, -0.2) is 49.3 Å². The van der Waals surface area contributed by atoms with E-state index in [0.717, 1.165) is 51.4 Å². The Morgan fingerprint density at radius 1 is 0.446 bits per heavy atom. The van der Waals surface area contributed by atoms with Crippen LogP contribution in [0.4, 0.5) is 0 Å². The van der Waals surface area contributed by atoms with Gasteiger partial charge in [0.05, 0.1) is 13.2 Å². The largest absolute Gasteiger partial charge is 0.472 e. The molecule has 0 saturated heterocycles. The molecule has 10 heteroatoms. The zero-order valence-corrected chi connectivity index (χ0v) is 43.9. The van der Waals surface area contributed by atoms with E-state index in [1.54, 1.807) is 0 Å². The van der Waals surface area contributed by atoms with Crippen LogP contribution < -0.4 is 5.73 Å². The summed E-state index contributed by atoms with van der Waals surface area (Å²) in [5.74, 6) is -0.821. The van der Waals surface area contributed by atoms with Gasteiger partial charge in [-0.3, -0.25) is 18.6 Å². The van der Waals surface area contributed by atoms with Gasteiger partial charge in [0, 0.05) is 19.4 Å². The summed E-state index contributed by atoms with van der Waals surface area (Å²) >= 11 is 0. The average Bonchev–Trinajstić information content (AvgIpc) is 3.30. The molecule has 2 atom stereocenters. The monoisotopic (exact) mass is 942 g/mol. The molecular formula is C55H108NO8P. The highest BCUT2D eigenvalue weighted by atomic mass is 31.2. The normalized spacial score (nSPS) is 13.1. The number of allylic oxidation sites excluding steroid dienone is 2. The SMILES string of the molecule is CCCCCCC/C=C\CCCCCCCC(=O)OC(COC(=O)CCCCCCCCCCCCCCCCCCCCCCCCCCCCCCCC)COP(=O)(O)OCCN. The zero-order valence-electron chi connectivity index (χ0n) is 43.0. The van der Waals surface area contributed by atoms with Crippen LogP contribution in [0.25, 0.3) is 0 Å². The van der Waals surface area contributed by atoms with Crippen molar-refractivity contribution in [2.45, 2.75) is 302 Å². The fourth-order valence-corrected chi connectivity index (χ4v) is 9.22. The Labute approximate surface area is 402 Å². The van der Waals surface area contributed by atoms with Crippen molar-refractivity contribution in [2.75, 3.05) is 26.4 Å². The molecular weight excluding hydrogens is 834 g/mol. The number of ether oxygens (including phenoxy) is 2. The number of rotatable bonds is 54. The third-order valence-corrected chi connectivity index (χ3v) is 13.6. The quantitative estimate of drug-likeness (QED) is 0.0264. The summed E-state index contributed by atoms with van der Waals surface area (Å²) in [6, 6.07) is 0. The second-order valence-electron chi connectivity index (χ2n) is 19.2. The number of hydrogen-bond acceptors (Lipinski definition) is 8. The first-order valence-electron chi connectivity index (χ1n) is 28.2. The van der Waals surface area contributed by atoms with Gasteiger partial charge in [-0.1, -0.05) is 257 Å². The predicted octanol–water partition coefficient (Wildman–Crippen LogP) is 17.3. The number of nitrogens with two attached hydrogens (primary N) is 1. The first-order chi connectivity index (χ1) is 31.8. The minimum absolute atomic E-state index is 0.0551. The molecule has 3 N–H and O–H groups in total. The van der Waals surface area contributed by atoms with Crippen molar-refractivity contribution in [1.29, 1.82) is 0 Å². The average molecular weight is 942 g/mol. The minimum Gasteiger partial charge on any atom is -0.462 e. The molecule has 65 heavy (non-hydrogen) atoms.